The number of nitrogens with zero attached hydrogens (tertiary/aromatic N) is 2. The molecule has 0 aliphatic heterocycles. The van der Waals surface area contributed by atoms with Gasteiger partial charge in [0.05, 0.1) is 5.56 Å². The summed E-state index contributed by atoms with van der Waals surface area (Å²) >= 11 is 3.34. The first kappa shape index (κ1) is 11.7. The van der Waals surface area contributed by atoms with Crippen LogP contribution in [0.5, 0.6) is 0 Å². The number of carboxylic acid groups (broad SMARTS) is 1. The maximum Gasteiger partial charge on any atom is 0.357 e. The van der Waals surface area contributed by atoms with Gasteiger partial charge in [0.2, 0.25) is 0 Å². The van der Waals surface area contributed by atoms with Crippen LogP contribution in [0.2, 0.25) is 0 Å². The fourth-order valence-electron chi connectivity index (χ4n) is 1.62. The van der Waals surface area contributed by atoms with Gasteiger partial charge in [0.1, 0.15) is 5.82 Å². The third-order valence-electron chi connectivity index (χ3n) is 2.41. The van der Waals surface area contributed by atoms with E-state index >= 15 is 0 Å². The Labute approximate surface area is 106 Å². The summed E-state index contributed by atoms with van der Waals surface area (Å²) in [5, 5.41) is 13.0. The van der Waals surface area contributed by atoms with Crippen LogP contribution in [-0.2, 0) is 7.05 Å². The molecule has 0 aliphatic rings. The van der Waals surface area contributed by atoms with E-state index < -0.39 is 5.97 Å². The summed E-state index contributed by atoms with van der Waals surface area (Å²) < 4.78 is 2.22. The molecule has 5 nitrogen and oxygen atoms in total. The van der Waals surface area contributed by atoms with Crippen molar-refractivity contribution in [3.05, 3.63) is 34.4 Å². The summed E-state index contributed by atoms with van der Waals surface area (Å²) in [6, 6.07) is 7.28. The second kappa shape index (κ2) is 4.21. The Morgan fingerprint density at radius 1 is 1.53 bits per heavy atom. The fraction of sp³-hybridized carbons (Fsp3) is 0.0909. The number of halogens is 1. The zero-order chi connectivity index (χ0) is 12.6. The van der Waals surface area contributed by atoms with Crippen molar-refractivity contribution in [3.8, 4) is 11.1 Å². The van der Waals surface area contributed by atoms with Crippen LogP contribution in [0.15, 0.2) is 28.7 Å². The molecule has 2 rings (SSSR count). The number of benzene rings is 1. The molecule has 6 heteroatoms. The zero-order valence-electron chi connectivity index (χ0n) is 9.01. The lowest BCUT2D eigenvalue weighted by molar-refractivity contribution is 0.0690. The smallest absolute Gasteiger partial charge is 0.357 e. The first-order valence-electron chi connectivity index (χ1n) is 4.82. The van der Waals surface area contributed by atoms with Gasteiger partial charge < -0.3 is 10.8 Å². The number of hydrogen-bond donors (Lipinski definition) is 2. The first-order valence-corrected chi connectivity index (χ1v) is 5.61. The molecule has 0 fully saturated rings. The second-order valence-electron chi connectivity index (χ2n) is 3.55. The summed E-state index contributed by atoms with van der Waals surface area (Å²) in [4.78, 5) is 11.1. The van der Waals surface area contributed by atoms with Crippen molar-refractivity contribution in [2.24, 2.45) is 7.05 Å². The van der Waals surface area contributed by atoms with E-state index in [2.05, 4.69) is 21.0 Å². The lowest BCUT2D eigenvalue weighted by Crippen LogP contribution is -2.00. The van der Waals surface area contributed by atoms with E-state index in [0.717, 1.165) is 10.0 Å². The van der Waals surface area contributed by atoms with Gasteiger partial charge >= 0.3 is 5.97 Å². The van der Waals surface area contributed by atoms with Gasteiger partial charge in [-0.1, -0.05) is 28.1 Å². The predicted molar refractivity (Wildman–Crippen MR) is 67.7 cm³/mol. The Morgan fingerprint density at radius 3 is 2.82 bits per heavy atom. The molecule has 0 saturated carbocycles. The number of aryl methyl sites for hydroxylation is 1. The molecule has 3 N–H and O–H groups in total. The standard InChI is InChI=1S/C11H10BrN3O2/c1-15-10(13)8(9(14-15)11(16)17)6-3-2-4-7(12)5-6/h2-5H,13H2,1H3,(H,16,17). The predicted octanol–water partition coefficient (Wildman–Crippen LogP) is 2.13. The van der Waals surface area contributed by atoms with Crippen molar-refractivity contribution < 1.29 is 9.90 Å². The van der Waals surface area contributed by atoms with Crippen LogP contribution in [0.1, 0.15) is 10.5 Å². The Morgan fingerprint density at radius 2 is 2.24 bits per heavy atom. The number of anilines is 1. The number of carboxylic acids is 1. The number of carbonyl (C=O) groups is 1. The van der Waals surface area contributed by atoms with Crippen LogP contribution in [0.3, 0.4) is 0 Å². The average molecular weight is 296 g/mol. The number of hydrogen-bond acceptors (Lipinski definition) is 3. The van der Waals surface area contributed by atoms with Gasteiger partial charge in [0.25, 0.3) is 0 Å². The number of nitrogen functional groups attached to an aromatic ring is 1. The molecule has 1 aromatic carbocycles. The number of rotatable bonds is 2. The maximum absolute atomic E-state index is 11.1. The molecule has 1 aromatic heterocycles. The molecule has 2 aromatic rings. The van der Waals surface area contributed by atoms with Crippen molar-refractivity contribution in [1.82, 2.24) is 9.78 Å². The highest BCUT2D eigenvalue weighted by molar-refractivity contribution is 9.10. The van der Waals surface area contributed by atoms with Crippen LogP contribution in [0.25, 0.3) is 11.1 Å². The Bertz CT molecular complexity index is 592. The number of nitrogens with two attached hydrogens (primary N) is 1. The van der Waals surface area contributed by atoms with Crippen molar-refractivity contribution in [3.63, 3.8) is 0 Å². The topological polar surface area (TPSA) is 81.1 Å². The van der Waals surface area contributed by atoms with Gasteiger partial charge in [0, 0.05) is 11.5 Å². The van der Waals surface area contributed by atoms with Gasteiger partial charge in [-0.05, 0) is 17.7 Å². The van der Waals surface area contributed by atoms with E-state index in [4.69, 9.17) is 10.8 Å². The normalized spacial score (nSPS) is 10.5. The highest BCUT2D eigenvalue weighted by Crippen LogP contribution is 2.30. The van der Waals surface area contributed by atoms with Crippen LogP contribution in [0.4, 0.5) is 5.82 Å². The fourth-order valence-corrected chi connectivity index (χ4v) is 2.01. The molecule has 0 spiro atoms. The molecule has 17 heavy (non-hydrogen) atoms. The summed E-state index contributed by atoms with van der Waals surface area (Å²) in [6.07, 6.45) is 0. The van der Waals surface area contributed by atoms with E-state index in [1.165, 1.54) is 4.68 Å². The SMILES string of the molecule is Cn1nc(C(=O)O)c(-c2cccc(Br)c2)c1N. The lowest BCUT2D eigenvalue weighted by atomic mass is 10.1. The van der Waals surface area contributed by atoms with Crippen LogP contribution in [-0.4, -0.2) is 20.9 Å². The molecule has 0 unspecified atom stereocenters. The first-order chi connectivity index (χ1) is 8.00. The van der Waals surface area contributed by atoms with Crippen molar-refractivity contribution in [2.75, 3.05) is 5.73 Å². The monoisotopic (exact) mass is 295 g/mol. The Hall–Kier alpha value is -1.82. The van der Waals surface area contributed by atoms with Crippen molar-refractivity contribution in [2.45, 2.75) is 0 Å². The molecule has 0 atom stereocenters. The highest BCUT2D eigenvalue weighted by atomic mass is 79.9. The van der Waals surface area contributed by atoms with Crippen molar-refractivity contribution in [1.29, 1.82) is 0 Å². The molecule has 0 amide bonds. The van der Waals surface area contributed by atoms with Crippen LogP contribution >= 0.6 is 15.9 Å². The van der Waals surface area contributed by atoms with Gasteiger partial charge in [-0.25, -0.2) is 4.79 Å². The minimum absolute atomic E-state index is 0.0388. The van der Waals surface area contributed by atoms with Crippen LogP contribution in [0, 0.1) is 0 Å². The quantitative estimate of drug-likeness (QED) is 0.889. The lowest BCUT2D eigenvalue weighted by Gasteiger charge is -2.02. The number of aromatic nitrogens is 2. The molecular formula is C11H10BrN3O2. The van der Waals surface area contributed by atoms with E-state index in [1.807, 2.05) is 12.1 Å². The van der Waals surface area contributed by atoms with E-state index in [-0.39, 0.29) is 5.69 Å². The third-order valence-corrected chi connectivity index (χ3v) is 2.90. The van der Waals surface area contributed by atoms with E-state index in [9.17, 15) is 4.79 Å². The molecule has 1 heterocycles. The summed E-state index contributed by atoms with van der Waals surface area (Å²) in [5.41, 5.74) is 6.98. The second-order valence-corrected chi connectivity index (χ2v) is 4.46. The molecule has 0 bridgehead atoms. The van der Waals surface area contributed by atoms with Crippen LogP contribution < -0.4 is 5.73 Å². The van der Waals surface area contributed by atoms with E-state index in [1.54, 1.807) is 19.2 Å². The van der Waals surface area contributed by atoms with Gasteiger partial charge in [-0.15, -0.1) is 0 Å². The Kier molecular flexibility index (Phi) is 2.89. The molecule has 88 valence electrons. The third kappa shape index (κ3) is 2.03. The summed E-state index contributed by atoms with van der Waals surface area (Å²) in [5.74, 6) is -0.757. The summed E-state index contributed by atoms with van der Waals surface area (Å²) in [6.45, 7) is 0. The zero-order valence-corrected chi connectivity index (χ0v) is 10.6. The average Bonchev–Trinajstić information content (AvgIpc) is 2.56. The largest absolute Gasteiger partial charge is 0.476 e. The molecule has 0 aliphatic carbocycles. The van der Waals surface area contributed by atoms with Crippen molar-refractivity contribution >= 4 is 27.7 Å². The van der Waals surface area contributed by atoms with Gasteiger partial charge in [-0.2, -0.15) is 5.10 Å². The maximum atomic E-state index is 11.1. The summed E-state index contributed by atoms with van der Waals surface area (Å²) in [7, 11) is 1.61. The van der Waals surface area contributed by atoms with E-state index in [0.29, 0.717) is 11.4 Å². The van der Waals surface area contributed by atoms with Gasteiger partial charge in [-0.3, -0.25) is 4.68 Å². The minimum Gasteiger partial charge on any atom is -0.476 e. The molecule has 0 saturated heterocycles. The molecule has 0 radical (unpaired) electrons. The number of aromatic carboxylic acids is 1. The minimum atomic E-state index is -1.09. The van der Waals surface area contributed by atoms with Gasteiger partial charge in [0.15, 0.2) is 5.69 Å². The Balaban J connectivity index is 2.70. The molecular weight excluding hydrogens is 286 g/mol. The highest BCUT2D eigenvalue weighted by Gasteiger charge is 2.20.